The zero-order valence-corrected chi connectivity index (χ0v) is 14.3. The summed E-state index contributed by atoms with van der Waals surface area (Å²) in [6.45, 7) is 0.452. The summed E-state index contributed by atoms with van der Waals surface area (Å²) in [6.07, 6.45) is 1.72. The number of rotatable bonds is 5. The van der Waals surface area contributed by atoms with Crippen LogP contribution < -0.4 is 11.1 Å². The van der Waals surface area contributed by atoms with Crippen LogP contribution >= 0.6 is 0 Å². The molecule has 0 radical (unpaired) electrons. The van der Waals surface area contributed by atoms with Crippen molar-refractivity contribution in [1.29, 1.82) is 0 Å². The van der Waals surface area contributed by atoms with Gasteiger partial charge in [-0.1, -0.05) is 24.3 Å². The minimum Gasteiger partial charge on any atom is -0.366 e. The molecule has 0 spiro atoms. The van der Waals surface area contributed by atoms with Crippen molar-refractivity contribution < 1.29 is 9.18 Å². The molecule has 2 heterocycles. The Morgan fingerprint density at radius 3 is 2.67 bits per heavy atom. The Hall–Kier alpha value is -3.74. The van der Waals surface area contributed by atoms with Crippen LogP contribution in [0.3, 0.4) is 0 Å². The molecule has 0 aliphatic carbocycles. The van der Waals surface area contributed by atoms with Crippen molar-refractivity contribution in [2.24, 2.45) is 5.73 Å². The van der Waals surface area contributed by atoms with Gasteiger partial charge in [0.1, 0.15) is 11.6 Å². The average Bonchev–Trinajstić information content (AvgIpc) is 3.10. The number of carbonyl (C=O) groups excluding carboxylic acids is 1. The van der Waals surface area contributed by atoms with Crippen LogP contribution in [0.1, 0.15) is 15.9 Å². The highest BCUT2D eigenvalue weighted by Gasteiger charge is 2.09. The lowest BCUT2D eigenvalue weighted by Gasteiger charge is -2.08. The number of nitrogens with zero attached hydrogens (tertiary/aromatic N) is 3. The summed E-state index contributed by atoms with van der Waals surface area (Å²) in [6, 6.07) is 17.0. The summed E-state index contributed by atoms with van der Waals surface area (Å²) in [7, 11) is 0. The Kier molecular flexibility index (Phi) is 4.25. The van der Waals surface area contributed by atoms with Crippen molar-refractivity contribution in [2.75, 3.05) is 5.32 Å². The molecule has 2 aromatic heterocycles. The van der Waals surface area contributed by atoms with Gasteiger partial charge >= 0.3 is 0 Å². The number of anilines is 1. The topological polar surface area (TPSA) is 85.3 Å². The van der Waals surface area contributed by atoms with Crippen LogP contribution in [0.4, 0.5) is 10.2 Å². The fourth-order valence-electron chi connectivity index (χ4n) is 2.81. The second kappa shape index (κ2) is 6.87. The Morgan fingerprint density at radius 2 is 1.93 bits per heavy atom. The van der Waals surface area contributed by atoms with Crippen molar-refractivity contribution in [3.05, 3.63) is 83.8 Å². The van der Waals surface area contributed by atoms with E-state index in [2.05, 4.69) is 15.4 Å². The first kappa shape index (κ1) is 16.7. The number of amides is 1. The predicted molar refractivity (Wildman–Crippen MR) is 101 cm³/mol. The number of nitrogens with two attached hydrogens (primary N) is 1. The first-order valence-electron chi connectivity index (χ1n) is 8.33. The molecule has 134 valence electrons. The maximum atomic E-state index is 13.3. The van der Waals surface area contributed by atoms with E-state index in [0.717, 1.165) is 16.8 Å². The van der Waals surface area contributed by atoms with Crippen LogP contribution in [0.2, 0.25) is 0 Å². The highest BCUT2D eigenvalue weighted by molar-refractivity contribution is 5.93. The Balaban J connectivity index is 1.61. The van der Waals surface area contributed by atoms with Crippen molar-refractivity contribution in [3.8, 4) is 11.3 Å². The van der Waals surface area contributed by atoms with Crippen LogP contribution in [0.15, 0.2) is 66.9 Å². The molecule has 0 unspecified atom stereocenters. The van der Waals surface area contributed by atoms with Gasteiger partial charge in [0.05, 0.1) is 11.9 Å². The van der Waals surface area contributed by atoms with Gasteiger partial charge in [-0.05, 0) is 42.0 Å². The van der Waals surface area contributed by atoms with E-state index in [9.17, 15) is 9.18 Å². The number of nitrogens with one attached hydrogen (secondary N) is 1. The third-order valence-corrected chi connectivity index (χ3v) is 4.19. The molecule has 3 N–H and O–H groups in total. The van der Waals surface area contributed by atoms with Crippen molar-refractivity contribution in [2.45, 2.75) is 6.54 Å². The predicted octanol–water partition coefficient (Wildman–Crippen LogP) is 3.25. The third kappa shape index (κ3) is 3.48. The molecule has 27 heavy (non-hydrogen) atoms. The van der Waals surface area contributed by atoms with Gasteiger partial charge in [-0.2, -0.15) is 0 Å². The largest absolute Gasteiger partial charge is 0.366 e. The molecule has 2 aromatic carbocycles. The van der Waals surface area contributed by atoms with Crippen LogP contribution in [0, 0.1) is 5.82 Å². The first-order chi connectivity index (χ1) is 13.1. The number of benzene rings is 2. The number of aromatic nitrogens is 3. The van der Waals surface area contributed by atoms with Crippen molar-refractivity contribution in [1.82, 2.24) is 14.6 Å². The maximum Gasteiger partial charge on any atom is 0.248 e. The number of primary amides is 1. The van der Waals surface area contributed by atoms with Gasteiger partial charge in [-0.25, -0.2) is 13.9 Å². The van der Waals surface area contributed by atoms with E-state index < -0.39 is 5.91 Å². The normalized spacial score (nSPS) is 10.9. The fraction of sp³-hybridized carbons (Fsp3) is 0.0500. The molecule has 1 amide bonds. The van der Waals surface area contributed by atoms with Gasteiger partial charge < -0.3 is 11.1 Å². The van der Waals surface area contributed by atoms with E-state index in [-0.39, 0.29) is 5.82 Å². The molecule has 4 rings (SSSR count). The molecule has 7 heteroatoms. The Labute approximate surface area is 154 Å². The third-order valence-electron chi connectivity index (χ3n) is 4.19. The lowest BCUT2D eigenvalue weighted by Crippen LogP contribution is -2.10. The Morgan fingerprint density at radius 1 is 1.11 bits per heavy atom. The molecule has 0 bridgehead atoms. The molecule has 0 saturated carbocycles. The summed E-state index contributed by atoms with van der Waals surface area (Å²) in [5.41, 5.74) is 8.89. The zero-order valence-electron chi connectivity index (χ0n) is 14.3. The highest BCUT2D eigenvalue weighted by atomic mass is 19.1. The second-order valence-corrected chi connectivity index (χ2v) is 6.06. The number of hydrogen-bond donors (Lipinski definition) is 2. The van der Waals surface area contributed by atoms with Gasteiger partial charge in [-0.15, -0.1) is 5.10 Å². The van der Waals surface area contributed by atoms with Crippen LogP contribution in [-0.4, -0.2) is 20.5 Å². The molecular formula is C20H16FN5O. The smallest absolute Gasteiger partial charge is 0.248 e. The van der Waals surface area contributed by atoms with E-state index in [1.165, 1.54) is 12.1 Å². The fourth-order valence-corrected chi connectivity index (χ4v) is 2.81. The van der Waals surface area contributed by atoms with Crippen LogP contribution in [0.25, 0.3) is 16.9 Å². The van der Waals surface area contributed by atoms with Gasteiger partial charge in [0.25, 0.3) is 0 Å². The summed E-state index contributed by atoms with van der Waals surface area (Å²) >= 11 is 0. The number of fused-ring (bicyclic) bond motifs is 1. The molecule has 0 aliphatic rings. The molecule has 0 fully saturated rings. The SMILES string of the molecule is NC(=O)c1ccc(-c2cnc3ccc(NCc4cccc(F)c4)nn23)cc1. The van der Waals surface area contributed by atoms with E-state index in [0.29, 0.717) is 23.6 Å². The van der Waals surface area contributed by atoms with E-state index in [1.807, 2.05) is 18.2 Å². The van der Waals surface area contributed by atoms with Gasteiger partial charge in [-0.3, -0.25) is 4.79 Å². The lowest BCUT2D eigenvalue weighted by atomic mass is 10.1. The Bertz CT molecular complexity index is 1120. The van der Waals surface area contributed by atoms with Crippen molar-refractivity contribution >= 4 is 17.4 Å². The second-order valence-electron chi connectivity index (χ2n) is 6.06. The van der Waals surface area contributed by atoms with E-state index in [4.69, 9.17) is 5.73 Å². The maximum absolute atomic E-state index is 13.3. The minimum absolute atomic E-state index is 0.269. The summed E-state index contributed by atoms with van der Waals surface area (Å²) < 4.78 is 15.0. The molecule has 0 aliphatic heterocycles. The first-order valence-corrected chi connectivity index (χ1v) is 8.33. The number of imidazole rings is 1. The van der Waals surface area contributed by atoms with Gasteiger partial charge in [0, 0.05) is 17.7 Å². The van der Waals surface area contributed by atoms with Crippen LogP contribution in [-0.2, 0) is 6.54 Å². The molecule has 0 atom stereocenters. The zero-order chi connectivity index (χ0) is 18.8. The average molecular weight is 361 g/mol. The summed E-state index contributed by atoms with van der Waals surface area (Å²) in [4.78, 5) is 15.6. The van der Waals surface area contributed by atoms with E-state index >= 15 is 0 Å². The molecule has 0 saturated heterocycles. The van der Waals surface area contributed by atoms with Gasteiger partial charge in [0.15, 0.2) is 5.65 Å². The molecular weight excluding hydrogens is 345 g/mol. The summed E-state index contributed by atoms with van der Waals surface area (Å²) in [5.74, 6) is -0.101. The van der Waals surface area contributed by atoms with Gasteiger partial charge in [0.2, 0.25) is 5.91 Å². The summed E-state index contributed by atoms with van der Waals surface area (Å²) in [5, 5.41) is 7.75. The lowest BCUT2D eigenvalue weighted by molar-refractivity contribution is 0.100. The van der Waals surface area contributed by atoms with Crippen molar-refractivity contribution in [3.63, 3.8) is 0 Å². The quantitative estimate of drug-likeness (QED) is 0.571. The molecule has 6 nitrogen and oxygen atoms in total. The number of halogens is 1. The number of carbonyl (C=O) groups is 1. The van der Waals surface area contributed by atoms with Crippen LogP contribution in [0.5, 0.6) is 0 Å². The monoisotopic (exact) mass is 361 g/mol. The number of hydrogen-bond acceptors (Lipinski definition) is 4. The highest BCUT2D eigenvalue weighted by Crippen LogP contribution is 2.21. The standard InChI is InChI=1S/C20H16FN5O/c21-16-3-1-2-13(10-16)11-23-18-8-9-19-24-12-17(26(19)25-18)14-4-6-15(7-5-14)20(22)27/h1-10,12H,11H2,(H2,22,27)(H,23,25). The molecule has 4 aromatic rings. The van der Waals surface area contributed by atoms with E-state index in [1.54, 1.807) is 41.0 Å². The minimum atomic E-state index is -0.471.